The molecule has 0 aliphatic carbocycles. The van der Waals surface area contributed by atoms with Crippen molar-refractivity contribution >= 4 is 52.5 Å². The zero-order valence-electron chi connectivity index (χ0n) is 17.0. The summed E-state index contributed by atoms with van der Waals surface area (Å²) in [6.07, 6.45) is 2.39. The molecule has 2 amide bonds. The van der Waals surface area contributed by atoms with Crippen LogP contribution in [0.25, 0.3) is 22.4 Å². The lowest BCUT2D eigenvalue weighted by molar-refractivity contribution is 0.0958. The van der Waals surface area contributed by atoms with Crippen molar-refractivity contribution < 1.29 is 14.3 Å². The zero-order valence-corrected chi connectivity index (χ0v) is 19.3. The minimum Gasteiger partial charge on any atom is -0.445 e. The molecule has 0 bridgehead atoms. The highest BCUT2D eigenvalue weighted by molar-refractivity contribution is 6.67. The van der Waals surface area contributed by atoms with E-state index in [2.05, 4.69) is 25.8 Å². The van der Waals surface area contributed by atoms with Gasteiger partial charge in [-0.3, -0.25) is 15.1 Å². The van der Waals surface area contributed by atoms with Crippen LogP contribution in [-0.2, 0) is 4.74 Å². The van der Waals surface area contributed by atoms with Crippen LogP contribution >= 0.6 is 34.8 Å². The third kappa shape index (κ3) is 6.29. The molecule has 0 saturated carbocycles. The van der Waals surface area contributed by atoms with Gasteiger partial charge in [0.1, 0.15) is 12.3 Å². The van der Waals surface area contributed by atoms with Gasteiger partial charge in [0.25, 0.3) is 5.91 Å². The largest absolute Gasteiger partial charge is 0.445 e. The first-order valence-electron chi connectivity index (χ1n) is 9.29. The number of nitrogens with zero attached hydrogens (tertiary/aromatic N) is 3. The molecule has 32 heavy (non-hydrogen) atoms. The van der Waals surface area contributed by atoms with Gasteiger partial charge in [-0.15, -0.1) is 0 Å². The molecule has 0 aliphatic heterocycles. The number of hydrogen-bond acceptors (Lipinski definition) is 6. The standard InChI is InChI=1S/C21H18Cl3N5O3/c1-12-3-4-15(28-20(31)32-11-21(22,23)24)9-16(12)17-8-14(10-27-29-17)13-5-6-26-18(7-13)19(30)25-2/h3-10H,11H2,1-2H3,(H,25,30)(H,28,31). The average Bonchev–Trinajstić information content (AvgIpc) is 2.78. The number of aromatic nitrogens is 3. The van der Waals surface area contributed by atoms with Crippen molar-refractivity contribution in [3.8, 4) is 22.4 Å². The van der Waals surface area contributed by atoms with Gasteiger partial charge in [-0.05, 0) is 48.4 Å². The summed E-state index contributed by atoms with van der Waals surface area (Å²) >= 11 is 16.8. The van der Waals surface area contributed by atoms with E-state index in [1.165, 1.54) is 0 Å². The molecular weight excluding hydrogens is 477 g/mol. The Morgan fingerprint density at radius 3 is 2.59 bits per heavy atom. The number of ether oxygens (including phenoxy) is 1. The van der Waals surface area contributed by atoms with Crippen LogP contribution in [-0.4, -0.2) is 44.6 Å². The Hall–Kier alpha value is -2.94. The van der Waals surface area contributed by atoms with Crippen LogP contribution in [0.5, 0.6) is 0 Å². The van der Waals surface area contributed by atoms with Gasteiger partial charge in [0.2, 0.25) is 3.79 Å². The molecule has 2 heterocycles. The predicted molar refractivity (Wildman–Crippen MR) is 124 cm³/mol. The second-order valence-corrected chi connectivity index (χ2v) is 9.20. The number of anilines is 1. The van der Waals surface area contributed by atoms with E-state index < -0.39 is 9.89 Å². The van der Waals surface area contributed by atoms with E-state index in [0.717, 1.165) is 22.3 Å². The van der Waals surface area contributed by atoms with Crippen LogP contribution in [0.15, 0.2) is 48.8 Å². The molecule has 0 saturated heterocycles. The van der Waals surface area contributed by atoms with Crippen molar-refractivity contribution in [3.63, 3.8) is 0 Å². The highest BCUT2D eigenvalue weighted by atomic mass is 35.6. The molecule has 1 aromatic carbocycles. The van der Waals surface area contributed by atoms with Crippen LogP contribution < -0.4 is 10.6 Å². The van der Waals surface area contributed by atoms with Crippen molar-refractivity contribution in [1.29, 1.82) is 0 Å². The van der Waals surface area contributed by atoms with Crippen molar-refractivity contribution in [2.45, 2.75) is 10.7 Å². The van der Waals surface area contributed by atoms with E-state index >= 15 is 0 Å². The molecule has 8 nitrogen and oxygen atoms in total. The topological polar surface area (TPSA) is 106 Å². The van der Waals surface area contributed by atoms with Crippen molar-refractivity contribution in [2.75, 3.05) is 19.0 Å². The lowest BCUT2D eigenvalue weighted by atomic mass is 10.0. The molecule has 166 valence electrons. The molecule has 0 unspecified atom stereocenters. The monoisotopic (exact) mass is 493 g/mol. The second-order valence-electron chi connectivity index (χ2n) is 6.68. The molecule has 2 aromatic heterocycles. The molecule has 0 spiro atoms. The van der Waals surface area contributed by atoms with E-state index in [1.54, 1.807) is 43.7 Å². The molecule has 11 heteroatoms. The van der Waals surface area contributed by atoms with Crippen LogP contribution in [0.2, 0.25) is 0 Å². The first kappa shape index (κ1) is 23.7. The fourth-order valence-corrected chi connectivity index (χ4v) is 2.96. The van der Waals surface area contributed by atoms with E-state index in [9.17, 15) is 9.59 Å². The van der Waals surface area contributed by atoms with Gasteiger partial charge in [-0.25, -0.2) is 4.79 Å². The molecule has 0 fully saturated rings. The molecule has 3 aromatic rings. The van der Waals surface area contributed by atoms with Crippen LogP contribution in [0.1, 0.15) is 16.1 Å². The van der Waals surface area contributed by atoms with Gasteiger partial charge >= 0.3 is 6.09 Å². The summed E-state index contributed by atoms with van der Waals surface area (Å²) in [4.78, 5) is 27.9. The van der Waals surface area contributed by atoms with E-state index in [-0.39, 0.29) is 12.5 Å². The molecule has 0 aliphatic rings. The van der Waals surface area contributed by atoms with Gasteiger partial charge in [-0.2, -0.15) is 10.2 Å². The van der Waals surface area contributed by atoms with E-state index in [1.807, 2.05) is 19.1 Å². The number of carbonyl (C=O) groups is 2. The third-order valence-electron chi connectivity index (χ3n) is 4.33. The summed E-state index contributed by atoms with van der Waals surface area (Å²) in [5.41, 5.74) is 4.52. The number of pyridine rings is 1. The van der Waals surface area contributed by atoms with Crippen LogP contribution in [0.3, 0.4) is 0 Å². The molecule has 2 N–H and O–H groups in total. The van der Waals surface area contributed by atoms with Gasteiger partial charge in [0.05, 0.1) is 11.9 Å². The minimum absolute atomic E-state index is 0.287. The Balaban J connectivity index is 1.87. The number of benzene rings is 1. The smallest absolute Gasteiger partial charge is 0.411 e. The van der Waals surface area contributed by atoms with Crippen molar-refractivity contribution in [2.24, 2.45) is 0 Å². The minimum atomic E-state index is -1.70. The normalized spacial score (nSPS) is 11.0. The maximum atomic E-state index is 12.0. The zero-order chi connectivity index (χ0) is 23.3. The van der Waals surface area contributed by atoms with Crippen LogP contribution in [0.4, 0.5) is 10.5 Å². The summed E-state index contributed by atoms with van der Waals surface area (Å²) in [6.45, 7) is 1.52. The number of rotatable bonds is 5. The van der Waals surface area contributed by atoms with Gasteiger partial charge in [0, 0.05) is 30.1 Å². The van der Waals surface area contributed by atoms with Gasteiger partial charge in [0.15, 0.2) is 0 Å². The number of hydrogen-bond donors (Lipinski definition) is 2. The fraction of sp³-hybridized carbons (Fsp3) is 0.190. The highest BCUT2D eigenvalue weighted by Gasteiger charge is 2.22. The third-order valence-corrected chi connectivity index (χ3v) is 4.66. The number of nitrogens with one attached hydrogen (secondary N) is 2. The molecule has 0 radical (unpaired) electrons. The van der Waals surface area contributed by atoms with Crippen molar-refractivity contribution in [1.82, 2.24) is 20.5 Å². The summed E-state index contributed by atoms with van der Waals surface area (Å²) in [7, 11) is 1.54. The Kier molecular flexibility index (Phi) is 7.50. The molecule has 3 rings (SSSR count). The SMILES string of the molecule is CNC(=O)c1cc(-c2cnnc(-c3cc(NC(=O)OCC(Cl)(Cl)Cl)ccc3C)c2)ccn1. The Labute approximate surface area is 199 Å². The predicted octanol–water partition coefficient (Wildman–Crippen LogP) is 4.79. The van der Waals surface area contributed by atoms with Gasteiger partial charge < -0.3 is 10.1 Å². The average molecular weight is 495 g/mol. The Bertz CT molecular complexity index is 1150. The lowest BCUT2D eigenvalue weighted by Gasteiger charge is -2.13. The molecule has 0 atom stereocenters. The summed E-state index contributed by atoms with van der Waals surface area (Å²) in [6, 6.07) is 10.6. The number of amides is 2. The Morgan fingerprint density at radius 2 is 1.88 bits per heavy atom. The number of halogens is 3. The first-order valence-corrected chi connectivity index (χ1v) is 10.4. The maximum absolute atomic E-state index is 12.0. The van der Waals surface area contributed by atoms with Crippen LogP contribution in [0, 0.1) is 6.92 Å². The maximum Gasteiger partial charge on any atom is 0.411 e. The quantitative estimate of drug-likeness (QED) is 0.494. The summed E-state index contributed by atoms with van der Waals surface area (Å²) in [5.74, 6) is -0.287. The number of carbonyl (C=O) groups excluding carboxylic acids is 2. The second kappa shape index (κ2) is 10.1. The van der Waals surface area contributed by atoms with E-state index in [4.69, 9.17) is 39.5 Å². The van der Waals surface area contributed by atoms with E-state index in [0.29, 0.717) is 17.1 Å². The number of aryl methyl sites for hydroxylation is 1. The Morgan fingerprint density at radius 1 is 1.09 bits per heavy atom. The first-order chi connectivity index (χ1) is 15.2. The molecular formula is C21H18Cl3N5O3. The highest BCUT2D eigenvalue weighted by Crippen LogP contribution is 2.29. The fourth-order valence-electron chi connectivity index (χ4n) is 2.80. The summed E-state index contributed by atoms with van der Waals surface area (Å²) in [5, 5.41) is 13.4. The van der Waals surface area contributed by atoms with Crippen molar-refractivity contribution in [3.05, 3.63) is 60.0 Å². The van der Waals surface area contributed by atoms with Gasteiger partial charge in [-0.1, -0.05) is 40.9 Å². The lowest BCUT2D eigenvalue weighted by Crippen LogP contribution is -2.21. The number of alkyl halides is 3. The summed E-state index contributed by atoms with van der Waals surface area (Å²) < 4.78 is 3.19.